The van der Waals surface area contributed by atoms with E-state index in [-0.39, 0.29) is 18.1 Å². The van der Waals surface area contributed by atoms with E-state index in [2.05, 4.69) is 4.90 Å². The molecule has 0 unspecified atom stereocenters. The monoisotopic (exact) mass is 306 g/mol. The van der Waals surface area contributed by atoms with Crippen molar-refractivity contribution in [2.75, 3.05) is 50.9 Å². The average molecular weight is 306 g/mol. The first kappa shape index (κ1) is 14.8. The Kier molecular flexibility index (Phi) is 4.26. The van der Waals surface area contributed by atoms with Crippen molar-refractivity contribution >= 4 is 17.6 Å². The quantitative estimate of drug-likeness (QED) is 0.870. The van der Waals surface area contributed by atoms with Gasteiger partial charge in [0.1, 0.15) is 5.75 Å². The number of benzene rings is 1. The number of aromatic carboxylic acids is 1. The molecule has 1 fully saturated rings. The second kappa shape index (κ2) is 6.33. The van der Waals surface area contributed by atoms with E-state index in [4.69, 9.17) is 14.6 Å². The second-order valence-electron chi connectivity index (χ2n) is 5.28. The predicted octanol–water partition coefficient (Wildman–Crippen LogP) is 0.442. The van der Waals surface area contributed by atoms with Gasteiger partial charge in [0.05, 0.1) is 24.5 Å². The Hall–Kier alpha value is -2.12. The van der Waals surface area contributed by atoms with Crippen molar-refractivity contribution in [2.45, 2.75) is 0 Å². The maximum absolute atomic E-state index is 12.1. The lowest BCUT2D eigenvalue weighted by Gasteiger charge is -2.33. The number of morpholine rings is 1. The Balaban J connectivity index is 1.74. The minimum absolute atomic E-state index is 0.0564. The number of carboxylic acids is 1. The highest BCUT2D eigenvalue weighted by atomic mass is 16.5. The zero-order valence-electron chi connectivity index (χ0n) is 12.2. The van der Waals surface area contributed by atoms with Gasteiger partial charge in [0.2, 0.25) is 0 Å². The Morgan fingerprint density at radius 2 is 2.00 bits per heavy atom. The molecule has 0 spiro atoms. The molecule has 1 saturated heterocycles. The number of hydrogen-bond donors (Lipinski definition) is 1. The number of rotatable bonds is 4. The number of ether oxygens (including phenoxy) is 2. The van der Waals surface area contributed by atoms with Crippen molar-refractivity contribution in [1.82, 2.24) is 4.90 Å². The SMILES string of the molecule is O=C(O)c1ccc2c(c1)OCC(=O)N2CCN1CCOCC1. The van der Waals surface area contributed by atoms with Gasteiger partial charge in [-0.15, -0.1) is 0 Å². The molecule has 0 aliphatic carbocycles. The number of anilines is 1. The molecule has 118 valence electrons. The van der Waals surface area contributed by atoms with E-state index in [1.807, 2.05) is 0 Å². The summed E-state index contributed by atoms with van der Waals surface area (Å²) in [6, 6.07) is 4.59. The number of carbonyl (C=O) groups excluding carboxylic acids is 1. The van der Waals surface area contributed by atoms with Crippen LogP contribution in [-0.2, 0) is 9.53 Å². The first-order valence-electron chi connectivity index (χ1n) is 7.26. The van der Waals surface area contributed by atoms with Crippen LogP contribution in [0.15, 0.2) is 18.2 Å². The fourth-order valence-electron chi connectivity index (χ4n) is 2.65. The lowest BCUT2D eigenvalue weighted by Crippen LogP contribution is -2.45. The third-order valence-electron chi connectivity index (χ3n) is 3.89. The van der Waals surface area contributed by atoms with Gasteiger partial charge in [-0.3, -0.25) is 9.69 Å². The molecule has 22 heavy (non-hydrogen) atoms. The van der Waals surface area contributed by atoms with Crippen LogP contribution in [0, 0.1) is 0 Å². The molecule has 1 N–H and O–H groups in total. The first-order chi connectivity index (χ1) is 10.6. The molecular weight excluding hydrogens is 288 g/mol. The summed E-state index contributed by atoms with van der Waals surface area (Å²) in [6.45, 7) is 4.42. The number of hydrogen-bond acceptors (Lipinski definition) is 5. The molecule has 1 aromatic carbocycles. The summed E-state index contributed by atoms with van der Waals surface area (Å²) in [5.41, 5.74) is 0.788. The molecule has 0 saturated carbocycles. The summed E-state index contributed by atoms with van der Waals surface area (Å²) in [7, 11) is 0. The summed E-state index contributed by atoms with van der Waals surface area (Å²) in [5, 5.41) is 9.02. The van der Waals surface area contributed by atoms with Gasteiger partial charge in [-0.2, -0.15) is 0 Å². The van der Waals surface area contributed by atoms with E-state index in [0.717, 1.165) is 32.8 Å². The van der Waals surface area contributed by atoms with Crippen LogP contribution in [0.4, 0.5) is 5.69 Å². The van der Waals surface area contributed by atoms with Crippen LogP contribution in [0.5, 0.6) is 5.75 Å². The molecule has 2 heterocycles. The molecule has 0 aromatic heterocycles. The number of carboxylic acid groups (broad SMARTS) is 1. The van der Waals surface area contributed by atoms with Crippen LogP contribution in [0.2, 0.25) is 0 Å². The van der Waals surface area contributed by atoms with Crippen LogP contribution < -0.4 is 9.64 Å². The number of fused-ring (bicyclic) bond motifs is 1. The van der Waals surface area contributed by atoms with Gasteiger partial charge in [-0.25, -0.2) is 4.79 Å². The topological polar surface area (TPSA) is 79.3 Å². The fraction of sp³-hybridized carbons (Fsp3) is 0.467. The highest BCUT2D eigenvalue weighted by Gasteiger charge is 2.26. The molecule has 1 aromatic rings. The Bertz CT molecular complexity index is 583. The molecular formula is C15H18N2O5. The van der Waals surface area contributed by atoms with Crippen LogP contribution >= 0.6 is 0 Å². The highest BCUT2D eigenvalue weighted by Crippen LogP contribution is 2.32. The first-order valence-corrected chi connectivity index (χ1v) is 7.26. The maximum atomic E-state index is 12.1. The van der Waals surface area contributed by atoms with Crippen LogP contribution in [0.1, 0.15) is 10.4 Å². The maximum Gasteiger partial charge on any atom is 0.335 e. The summed E-state index contributed by atoms with van der Waals surface area (Å²) in [6.07, 6.45) is 0. The molecule has 7 heteroatoms. The van der Waals surface area contributed by atoms with Gasteiger partial charge in [-0.05, 0) is 18.2 Å². The van der Waals surface area contributed by atoms with E-state index < -0.39 is 5.97 Å². The van der Waals surface area contributed by atoms with Crippen LogP contribution in [-0.4, -0.2) is 67.9 Å². The molecule has 0 bridgehead atoms. The van der Waals surface area contributed by atoms with Crippen LogP contribution in [0.25, 0.3) is 0 Å². The lowest BCUT2D eigenvalue weighted by molar-refractivity contribution is -0.121. The molecule has 7 nitrogen and oxygen atoms in total. The van der Waals surface area contributed by atoms with Crippen molar-refractivity contribution in [3.8, 4) is 5.75 Å². The van der Waals surface area contributed by atoms with Crippen LogP contribution in [0.3, 0.4) is 0 Å². The summed E-state index contributed by atoms with van der Waals surface area (Å²) in [5.74, 6) is -0.673. The minimum atomic E-state index is -1.01. The summed E-state index contributed by atoms with van der Waals surface area (Å²) < 4.78 is 10.7. The van der Waals surface area contributed by atoms with E-state index >= 15 is 0 Å². The fourth-order valence-corrected chi connectivity index (χ4v) is 2.65. The predicted molar refractivity (Wildman–Crippen MR) is 78.5 cm³/mol. The van der Waals surface area contributed by atoms with Gasteiger partial charge in [0, 0.05) is 26.2 Å². The van der Waals surface area contributed by atoms with Crippen molar-refractivity contribution in [3.63, 3.8) is 0 Å². The van der Waals surface area contributed by atoms with Crippen molar-refractivity contribution < 1.29 is 24.2 Å². The Labute approximate surface area is 128 Å². The standard InChI is InChI=1S/C15H18N2O5/c18-14-10-22-13-9-11(15(19)20)1-2-12(13)17(14)4-3-16-5-7-21-8-6-16/h1-2,9H,3-8,10H2,(H,19,20). The third kappa shape index (κ3) is 3.05. The average Bonchev–Trinajstić information content (AvgIpc) is 2.54. The van der Waals surface area contributed by atoms with E-state index in [0.29, 0.717) is 18.0 Å². The van der Waals surface area contributed by atoms with E-state index in [9.17, 15) is 9.59 Å². The van der Waals surface area contributed by atoms with Crippen molar-refractivity contribution in [1.29, 1.82) is 0 Å². The van der Waals surface area contributed by atoms with Gasteiger partial charge in [-0.1, -0.05) is 0 Å². The second-order valence-corrected chi connectivity index (χ2v) is 5.28. The Morgan fingerprint density at radius 3 is 2.73 bits per heavy atom. The molecule has 0 atom stereocenters. The molecule has 2 aliphatic heterocycles. The summed E-state index contributed by atoms with van der Waals surface area (Å²) in [4.78, 5) is 27.0. The molecule has 3 rings (SSSR count). The normalized spacial score (nSPS) is 18.7. The number of nitrogens with zero attached hydrogens (tertiary/aromatic N) is 2. The smallest absolute Gasteiger partial charge is 0.335 e. The largest absolute Gasteiger partial charge is 0.482 e. The van der Waals surface area contributed by atoms with Gasteiger partial charge < -0.3 is 19.5 Å². The van der Waals surface area contributed by atoms with E-state index in [1.165, 1.54) is 12.1 Å². The van der Waals surface area contributed by atoms with E-state index in [1.54, 1.807) is 11.0 Å². The van der Waals surface area contributed by atoms with Gasteiger partial charge >= 0.3 is 5.97 Å². The Morgan fingerprint density at radius 1 is 1.23 bits per heavy atom. The highest BCUT2D eigenvalue weighted by molar-refractivity contribution is 5.99. The lowest BCUT2D eigenvalue weighted by atomic mass is 10.1. The minimum Gasteiger partial charge on any atom is -0.482 e. The zero-order chi connectivity index (χ0) is 15.5. The molecule has 2 aliphatic rings. The molecule has 0 radical (unpaired) electrons. The van der Waals surface area contributed by atoms with Crippen molar-refractivity contribution in [3.05, 3.63) is 23.8 Å². The van der Waals surface area contributed by atoms with Gasteiger partial charge in [0.15, 0.2) is 6.61 Å². The summed E-state index contributed by atoms with van der Waals surface area (Å²) >= 11 is 0. The number of carbonyl (C=O) groups is 2. The third-order valence-corrected chi connectivity index (χ3v) is 3.89. The molecule has 1 amide bonds. The number of amides is 1. The zero-order valence-corrected chi connectivity index (χ0v) is 12.2. The van der Waals surface area contributed by atoms with Crippen molar-refractivity contribution in [2.24, 2.45) is 0 Å². The van der Waals surface area contributed by atoms with Gasteiger partial charge in [0.25, 0.3) is 5.91 Å².